The van der Waals surface area contributed by atoms with Gasteiger partial charge in [-0.2, -0.15) is 0 Å². The van der Waals surface area contributed by atoms with Crippen LogP contribution in [-0.2, 0) is 23.8 Å². The minimum atomic E-state index is -0.588. The van der Waals surface area contributed by atoms with Crippen LogP contribution in [0.3, 0.4) is 0 Å². The van der Waals surface area contributed by atoms with E-state index in [-0.39, 0.29) is 67.7 Å². The molecule has 13 unspecified atom stereocenters. The number of fused-ring (bicyclic) bond motifs is 2. The van der Waals surface area contributed by atoms with Gasteiger partial charge >= 0.3 is 11.9 Å². The summed E-state index contributed by atoms with van der Waals surface area (Å²) in [6, 6.07) is 0. The lowest BCUT2D eigenvalue weighted by Crippen LogP contribution is -2.94. The van der Waals surface area contributed by atoms with Crippen molar-refractivity contribution >= 4 is 11.9 Å². The van der Waals surface area contributed by atoms with Crippen molar-refractivity contribution in [1.82, 2.24) is 0 Å². The Bertz CT molecular complexity index is 967. The first kappa shape index (κ1) is 38.5. The lowest BCUT2D eigenvalue weighted by molar-refractivity contribution is -0.699. The van der Waals surface area contributed by atoms with Gasteiger partial charge in [0.1, 0.15) is 18.4 Å². The summed E-state index contributed by atoms with van der Waals surface area (Å²) in [4.78, 5) is 25.0. The van der Waals surface area contributed by atoms with E-state index in [9.17, 15) is 24.9 Å². The first-order valence-electron chi connectivity index (χ1n) is 18.9. The van der Waals surface area contributed by atoms with E-state index in [1.165, 1.54) is 33.1 Å². The van der Waals surface area contributed by atoms with Gasteiger partial charge in [0.25, 0.3) is 0 Å². The van der Waals surface area contributed by atoms with Gasteiger partial charge in [0.2, 0.25) is 0 Å². The highest BCUT2D eigenvalue weighted by Crippen LogP contribution is 2.48. The Morgan fingerprint density at radius 3 is 2.34 bits per heavy atom. The Kier molecular flexibility index (Phi) is 15.3. The SMILES string of the molecule is CC(=O)OC(CCC1CC(OCCO)C(O)CC1C1CC[NH2+]C(N)C1)CC(OC(C)=O)C1CC(CO)CC2CCC(C(C)C)C(C2)C1. The van der Waals surface area contributed by atoms with Crippen molar-refractivity contribution in [3.05, 3.63) is 0 Å². The summed E-state index contributed by atoms with van der Waals surface area (Å²) in [7, 11) is 0. The van der Waals surface area contributed by atoms with Gasteiger partial charge in [-0.25, -0.2) is 0 Å². The van der Waals surface area contributed by atoms with E-state index >= 15 is 0 Å². The molecule has 0 amide bonds. The molecule has 7 N–H and O–H groups in total. The fourth-order valence-corrected chi connectivity index (χ4v) is 10.4. The Morgan fingerprint density at radius 2 is 1.68 bits per heavy atom. The molecule has 0 aromatic rings. The van der Waals surface area contributed by atoms with Gasteiger partial charge in [0.15, 0.2) is 0 Å². The number of nitrogens with two attached hydrogens (primary N) is 2. The van der Waals surface area contributed by atoms with Crippen molar-refractivity contribution in [3.63, 3.8) is 0 Å². The van der Waals surface area contributed by atoms with Crippen molar-refractivity contribution in [3.8, 4) is 0 Å². The van der Waals surface area contributed by atoms with Gasteiger partial charge < -0.3 is 34.8 Å². The summed E-state index contributed by atoms with van der Waals surface area (Å²) in [6.07, 6.45) is 9.89. The van der Waals surface area contributed by atoms with Crippen molar-refractivity contribution in [2.24, 2.45) is 59.0 Å². The largest absolute Gasteiger partial charge is 0.462 e. The quantitative estimate of drug-likeness (QED) is 0.175. The smallest absolute Gasteiger partial charge is 0.302 e. The van der Waals surface area contributed by atoms with Crippen molar-refractivity contribution in [2.75, 3.05) is 26.4 Å². The maximum Gasteiger partial charge on any atom is 0.302 e. The third-order valence-electron chi connectivity index (χ3n) is 12.4. The molecule has 1 saturated heterocycles. The Morgan fingerprint density at radius 1 is 0.915 bits per heavy atom. The van der Waals surface area contributed by atoms with Gasteiger partial charge in [-0.3, -0.25) is 15.3 Å². The number of aliphatic hydroxyl groups excluding tert-OH is 3. The molecule has 13 atom stereocenters. The van der Waals surface area contributed by atoms with Gasteiger partial charge in [-0.05, 0) is 117 Å². The summed E-state index contributed by atoms with van der Waals surface area (Å²) in [5.74, 6) is 3.00. The van der Waals surface area contributed by atoms with Crippen LogP contribution >= 0.6 is 0 Å². The maximum absolute atomic E-state index is 12.5. The molecule has 3 aliphatic carbocycles. The van der Waals surface area contributed by atoms with Crippen molar-refractivity contribution in [1.29, 1.82) is 0 Å². The fourth-order valence-electron chi connectivity index (χ4n) is 10.4. The number of esters is 2. The van der Waals surface area contributed by atoms with E-state index in [4.69, 9.17) is 19.9 Å². The molecule has 10 nitrogen and oxygen atoms in total. The van der Waals surface area contributed by atoms with E-state index in [1.807, 2.05) is 0 Å². The highest BCUT2D eigenvalue weighted by Gasteiger charge is 2.44. The topological polar surface area (TPSA) is 165 Å². The number of rotatable bonds is 14. The molecule has 2 bridgehead atoms. The average Bonchev–Trinajstić information content (AvgIpc) is 3.00. The molecule has 3 saturated carbocycles. The second-order valence-electron chi connectivity index (χ2n) is 16.1. The van der Waals surface area contributed by atoms with Gasteiger partial charge in [-0.1, -0.05) is 20.3 Å². The van der Waals surface area contributed by atoms with Crippen LogP contribution in [0.2, 0.25) is 0 Å². The van der Waals surface area contributed by atoms with Crippen LogP contribution in [-0.4, -0.2) is 84.2 Å². The average molecular weight is 668 g/mol. The molecule has 0 aromatic carbocycles. The number of ether oxygens (including phenoxy) is 3. The van der Waals surface area contributed by atoms with E-state index in [0.717, 1.165) is 45.1 Å². The van der Waals surface area contributed by atoms with Crippen LogP contribution in [0.15, 0.2) is 0 Å². The zero-order chi connectivity index (χ0) is 34.1. The van der Waals surface area contributed by atoms with Gasteiger partial charge in [0, 0.05) is 33.3 Å². The Balaban J connectivity index is 1.53. The predicted octanol–water partition coefficient (Wildman–Crippen LogP) is 3.14. The second-order valence-corrected chi connectivity index (χ2v) is 16.1. The zero-order valence-electron chi connectivity index (χ0n) is 29.6. The van der Waals surface area contributed by atoms with Gasteiger partial charge in [0.05, 0.1) is 32.0 Å². The highest BCUT2D eigenvalue weighted by atomic mass is 16.6. The van der Waals surface area contributed by atoms with Crippen LogP contribution in [0.25, 0.3) is 0 Å². The summed E-state index contributed by atoms with van der Waals surface area (Å²) in [5, 5.41) is 33.0. The molecule has 4 aliphatic rings. The lowest BCUT2D eigenvalue weighted by Gasteiger charge is -2.45. The molecule has 0 radical (unpaired) electrons. The molecular formula is C37H67N2O8+. The Hall–Kier alpha value is -1.30. The monoisotopic (exact) mass is 667 g/mol. The van der Waals surface area contributed by atoms with E-state index < -0.39 is 18.3 Å². The summed E-state index contributed by atoms with van der Waals surface area (Å²) in [6.45, 7) is 8.78. The molecule has 4 fully saturated rings. The minimum Gasteiger partial charge on any atom is -0.462 e. The number of hydrogen-bond donors (Lipinski definition) is 5. The fraction of sp³-hybridized carbons (Fsp3) is 0.946. The van der Waals surface area contributed by atoms with Crippen LogP contribution in [0, 0.1) is 53.3 Å². The summed E-state index contributed by atoms with van der Waals surface area (Å²) >= 11 is 0. The first-order chi connectivity index (χ1) is 22.5. The highest BCUT2D eigenvalue weighted by molar-refractivity contribution is 5.66. The number of quaternary nitrogens is 1. The second kappa shape index (κ2) is 18.6. The minimum absolute atomic E-state index is 0.0643. The van der Waals surface area contributed by atoms with Crippen LogP contribution in [0.5, 0.6) is 0 Å². The molecule has 10 heteroatoms. The molecular weight excluding hydrogens is 600 g/mol. The third kappa shape index (κ3) is 11.4. The van der Waals surface area contributed by atoms with Crippen molar-refractivity contribution < 1.29 is 44.4 Å². The van der Waals surface area contributed by atoms with E-state index in [0.29, 0.717) is 55.3 Å². The normalized spacial score (nSPS) is 37.8. The molecule has 1 aliphatic heterocycles. The maximum atomic E-state index is 12.5. The molecule has 0 aromatic heterocycles. The number of hydrogen-bond acceptors (Lipinski definition) is 9. The van der Waals surface area contributed by atoms with Gasteiger partial charge in [-0.15, -0.1) is 0 Å². The van der Waals surface area contributed by atoms with E-state index in [1.54, 1.807) is 0 Å². The van der Waals surface area contributed by atoms with Crippen LogP contribution < -0.4 is 11.1 Å². The number of aliphatic hydroxyl groups is 3. The van der Waals surface area contributed by atoms with Crippen LogP contribution in [0.4, 0.5) is 0 Å². The number of piperidine rings is 1. The standard InChI is InChI=1S/C37H66N2O8/c1-22(2)32-8-5-25-13-26(21-41)15-30(16-29(32)14-25)35(47-24(4)43)19-31(46-23(3)42)7-6-27-17-36(45-12-11-40)34(44)20-33(27)28-9-10-39-37(38)18-28/h22,25-37,39-41,44H,5-21,38H2,1-4H3/p+1. The summed E-state index contributed by atoms with van der Waals surface area (Å²) in [5.41, 5.74) is 6.36. The van der Waals surface area contributed by atoms with E-state index in [2.05, 4.69) is 19.2 Å². The molecule has 47 heavy (non-hydrogen) atoms. The zero-order valence-corrected chi connectivity index (χ0v) is 29.6. The van der Waals surface area contributed by atoms with Crippen LogP contribution in [0.1, 0.15) is 111 Å². The molecule has 1 heterocycles. The predicted molar refractivity (Wildman–Crippen MR) is 179 cm³/mol. The molecule has 4 rings (SSSR count). The summed E-state index contributed by atoms with van der Waals surface area (Å²) < 4.78 is 18.0. The lowest BCUT2D eigenvalue weighted by atomic mass is 9.62. The first-order valence-corrected chi connectivity index (χ1v) is 18.9. The number of carbonyl (C=O) groups excluding carboxylic acids is 2. The molecule has 0 spiro atoms. The Labute approximate surface area is 283 Å². The molecule has 272 valence electrons. The van der Waals surface area contributed by atoms with Crippen molar-refractivity contribution in [2.45, 2.75) is 142 Å². The third-order valence-corrected chi connectivity index (χ3v) is 12.4. The number of carbonyl (C=O) groups is 2.